The van der Waals surface area contributed by atoms with Crippen molar-refractivity contribution in [1.29, 1.82) is 0 Å². The number of nitrogens with one attached hydrogen (secondary N) is 1. The Labute approximate surface area is 207 Å². The topological polar surface area (TPSA) is 97.0 Å². The molecule has 13 heteroatoms. The van der Waals surface area contributed by atoms with E-state index < -0.39 is 52.0 Å². The van der Waals surface area contributed by atoms with Gasteiger partial charge in [0.05, 0.1) is 23.6 Å². The summed E-state index contributed by atoms with van der Waals surface area (Å²) >= 11 is 0. The van der Waals surface area contributed by atoms with Crippen molar-refractivity contribution in [1.82, 2.24) is 25.1 Å². The molecule has 1 N–H and O–H groups in total. The maximum Gasteiger partial charge on any atom is 0.417 e. The van der Waals surface area contributed by atoms with E-state index in [1.807, 2.05) is 0 Å². The summed E-state index contributed by atoms with van der Waals surface area (Å²) in [4.78, 5) is 22.2. The lowest BCUT2D eigenvalue weighted by Gasteiger charge is -2.61. The SMILES string of the molecule is Cc1nnc([C@]23C[C@H](C4CC4)C[C@H](C2)N3C(=O)Nc2cc(-c3ncc(F)cn3)c(C(F)(F)F)cc2F)o1. The highest BCUT2D eigenvalue weighted by molar-refractivity contribution is 5.92. The number of rotatable bonds is 4. The fraction of sp³-hybridized carbons (Fsp3) is 0.458. The van der Waals surface area contributed by atoms with Crippen molar-refractivity contribution in [3.63, 3.8) is 0 Å². The van der Waals surface area contributed by atoms with Crippen molar-refractivity contribution in [2.24, 2.45) is 11.8 Å². The van der Waals surface area contributed by atoms with Gasteiger partial charge in [0.1, 0.15) is 11.4 Å². The number of aryl methyl sites for hydroxylation is 1. The van der Waals surface area contributed by atoms with Crippen LogP contribution in [0.15, 0.2) is 28.9 Å². The molecule has 0 radical (unpaired) electrons. The molecule has 2 bridgehead atoms. The summed E-state index contributed by atoms with van der Waals surface area (Å²) < 4.78 is 74.9. The number of piperidine rings is 1. The lowest BCUT2D eigenvalue weighted by molar-refractivity contribution is -0.137. The number of anilines is 1. The van der Waals surface area contributed by atoms with Crippen LogP contribution in [0.2, 0.25) is 0 Å². The minimum absolute atomic E-state index is 0.149. The predicted octanol–water partition coefficient (Wildman–Crippen LogP) is 5.45. The molecule has 7 rings (SSSR count). The number of amides is 2. The number of nitrogens with zero attached hydrogens (tertiary/aromatic N) is 5. The van der Waals surface area contributed by atoms with Gasteiger partial charge in [-0.05, 0) is 49.7 Å². The summed E-state index contributed by atoms with van der Waals surface area (Å²) in [6.07, 6.45) is 0.735. The normalized spacial score (nSPS) is 25.1. The lowest BCUT2D eigenvalue weighted by atomic mass is 9.62. The van der Waals surface area contributed by atoms with Gasteiger partial charge in [-0.2, -0.15) is 13.2 Å². The molecular formula is C24H21F5N6O2. The smallest absolute Gasteiger partial charge is 0.417 e. The number of carbonyl (C=O) groups excluding carboxylic acids is 1. The largest absolute Gasteiger partial charge is 0.423 e. The molecule has 194 valence electrons. The van der Waals surface area contributed by atoms with Crippen LogP contribution in [0.5, 0.6) is 0 Å². The van der Waals surface area contributed by atoms with Crippen molar-refractivity contribution < 1.29 is 31.2 Å². The van der Waals surface area contributed by atoms with E-state index in [1.54, 1.807) is 11.8 Å². The molecule has 37 heavy (non-hydrogen) atoms. The predicted molar refractivity (Wildman–Crippen MR) is 118 cm³/mol. The Balaban J connectivity index is 1.34. The van der Waals surface area contributed by atoms with Gasteiger partial charge in [0.25, 0.3) is 0 Å². The number of hydrogen-bond donors (Lipinski definition) is 1. The molecular weight excluding hydrogens is 499 g/mol. The van der Waals surface area contributed by atoms with E-state index in [4.69, 9.17) is 4.42 Å². The number of alkyl halides is 3. The number of halogens is 5. The van der Waals surface area contributed by atoms with Gasteiger partial charge in [0.15, 0.2) is 11.6 Å². The zero-order valence-electron chi connectivity index (χ0n) is 19.5. The molecule has 2 saturated carbocycles. The fourth-order valence-electron chi connectivity index (χ4n) is 5.82. The van der Waals surface area contributed by atoms with E-state index in [0.717, 1.165) is 25.3 Å². The van der Waals surface area contributed by atoms with Crippen molar-refractivity contribution >= 4 is 11.7 Å². The maximum absolute atomic E-state index is 14.9. The summed E-state index contributed by atoms with van der Waals surface area (Å²) in [5.74, 6) is -0.967. The molecule has 2 aromatic heterocycles. The number of carbonyl (C=O) groups is 1. The van der Waals surface area contributed by atoms with Gasteiger partial charge in [-0.15, -0.1) is 10.2 Å². The van der Waals surface area contributed by atoms with Crippen LogP contribution in [0.25, 0.3) is 11.4 Å². The second kappa shape index (κ2) is 8.18. The molecule has 2 amide bonds. The van der Waals surface area contributed by atoms with Gasteiger partial charge in [0, 0.05) is 24.9 Å². The Morgan fingerprint density at radius 1 is 1.11 bits per heavy atom. The Kier molecular flexibility index (Phi) is 5.25. The molecule has 2 aliphatic carbocycles. The second-order valence-corrected chi connectivity index (χ2v) is 9.95. The third kappa shape index (κ3) is 4.00. The Morgan fingerprint density at radius 2 is 1.84 bits per heavy atom. The first-order valence-electron chi connectivity index (χ1n) is 11.8. The van der Waals surface area contributed by atoms with Crippen LogP contribution in [0.4, 0.5) is 32.4 Å². The van der Waals surface area contributed by atoms with Gasteiger partial charge in [-0.3, -0.25) is 0 Å². The molecule has 1 aromatic carbocycles. The lowest BCUT2D eigenvalue weighted by Crippen LogP contribution is -2.70. The van der Waals surface area contributed by atoms with Crippen molar-refractivity contribution in [3.8, 4) is 11.4 Å². The van der Waals surface area contributed by atoms with Gasteiger partial charge >= 0.3 is 12.2 Å². The molecule has 2 saturated heterocycles. The van der Waals surface area contributed by atoms with Crippen molar-refractivity contribution in [2.75, 3.05) is 5.32 Å². The highest BCUT2D eigenvalue weighted by Crippen LogP contribution is 2.60. The fourth-order valence-corrected chi connectivity index (χ4v) is 5.82. The van der Waals surface area contributed by atoms with E-state index in [0.29, 0.717) is 48.9 Å². The van der Waals surface area contributed by atoms with Crippen LogP contribution in [0, 0.1) is 30.4 Å². The van der Waals surface area contributed by atoms with Gasteiger partial charge in [-0.1, -0.05) is 0 Å². The maximum atomic E-state index is 14.9. The minimum Gasteiger partial charge on any atom is -0.423 e. The third-order valence-corrected chi connectivity index (χ3v) is 7.52. The molecule has 0 unspecified atom stereocenters. The summed E-state index contributed by atoms with van der Waals surface area (Å²) in [6.45, 7) is 1.64. The Hall–Kier alpha value is -3.64. The quantitative estimate of drug-likeness (QED) is 0.460. The van der Waals surface area contributed by atoms with Crippen LogP contribution < -0.4 is 5.32 Å². The van der Waals surface area contributed by atoms with Crippen LogP contribution in [-0.4, -0.2) is 37.1 Å². The summed E-state index contributed by atoms with van der Waals surface area (Å²) in [7, 11) is 0. The Bertz CT molecular complexity index is 1370. The van der Waals surface area contributed by atoms with Crippen LogP contribution in [0.3, 0.4) is 0 Å². The molecule has 0 spiro atoms. The number of urea groups is 1. The van der Waals surface area contributed by atoms with Crippen molar-refractivity contribution in [3.05, 3.63) is 53.5 Å². The highest BCUT2D eigenvalue weighted by Gasteiger charge is 2.64. The summed E-state index contributed by atoms with van der Waals surface area (Å²) in [5, 5.41) is 10.5. The minimum atomic E-state index is -4.94. The van der Waals surface area contributed by atoms with Gasteiger partial charge in [-0.25, -0.2) is 23.5 Å². The van der Waals surface area contributed by atoms with E-state index in [2.05, 4.69) is 25.5 Å². The number of aromatic nitrogens is 4. The Morgan fingerprint density at radius 3 is 2.46 bits per heavy atom. The molecule has 3 aromatic rings. The summed E-state index contributed by atoms with van der Waals surface area (Å²) in [6, 6.07) is 0.250. The first kappa shape index (κ1) is 23.7. The third-order valence-electron chi connectivity index (χ3n) is 7.52. The molecule has 4 aliphatic rings. The highest BCUT2D eigenvalue weighted by atomic mass is 19.4. The van der Waals surface area contributed by atoms with Gasteiger partial charge < -0.3 is 14.6 Å². The first-order valence-corrected chi connectivity index (χ1v) is 11.8. The van der Waals surface area contributed by atoms with E-state index in [1.165, 1.54) is 0 Å². The monoisotopic (exact) mass is 520 g/mol. The molecule has 4 fully saturated rings. The zero-order chi connectivity index (χ0) is 26.1. The van der Waals surface area contributed by atoms with Gasteiger partial charge in [0.2, 0.25) is 11.8 Å². The van der Waals surface area contributed by atoms with Crippen LogP contribution in [0.1, 0.15) is 49.4 Å². The standard InChI is InChI=1S/C24H21F5N6O2/c1-11-33-34-21(37-11)23-7-13(12-2-3-12)4-15(8-23)35(23)22(36)32-19-5-16(20-30-9-14(25)10-31-20)17(6-18(19)26)24(27,28)29/h5-6,9-10,12-13,15H,2-4,7-8H2,1H3,(H,32,36)/t13-,15-,23+/m1/s1. The molecule has 3 atom stereocenters. The number of benzene rings is 1. The van der Waals surface area contributed by atoms with E-state index >= 15 is 0 Å². The average Bonchev–Trinajstić information content (AvgIpc) is 3.60. The van der Waals surface area contributed by atoms with Crippen molar-refractivity contribution in [2.45, 2.75) is 56.8 Å². The average molecular weight is 520 g/mol. The molecule has 8 nitrogen and oxygen atoms in total. The first-order chi connectivity index (χ1) is 17.5. The van der Waals surface area contributed by atoms with E-state index in [-0.39, 0.29) is 12.1 Å². The zero-order valence-corrected chi connectivity index (χ0v) is 19.5. The second-order valence-electron chi connectivity index (χ2n) is 9.95. The van der Waals surface area contributed by atoms with Crippen LogP contribution >= 0.6 is 0 Å². The molecule has 2 aliphatic heterocycles. The number of hydrogen-bond acceptors (Lipinski definition) is 6. The van der Waals surface area contributed by atoms with E-state index in [9.17, 15) is 26.7 Å². The molecule has 4 heterocycles. The number of fused-ring (bicyclic) bond motifs is 2. The summed E-state index contributed by atoms with van der Waals surface area (Å²) in [5.41, 5.74) is -3.28. The van der Waals surface area contributed by atoms with Crippen LogP contribution in [-0.2, 0) is 11.7 Å².